The van der Waals surface area contributed by atoms with Crippen LogP contribution in [0.3, 0.4) is 0 Å². The fourth-order valence-corrected chi connectivity index (χ4v) is 1.89. The van der Waals surface area contributed by atoms with Gasteiger partial charge in [0.05, 0.1) is 6.04 Å². The van der Waals surface area contributed by atoms with E-state index in [2.05, 4.69) is 5.32 Å². The molecular weight excluding hydrogens is 222 g/mol. The molecule has 0 saturated carbocycles. The van der Waals surface area contributed by atoms with Crippen molar-refractivity contribution in [2.24, 2.45) is 0 Å². The van der Waals surface area contributed by atoms with Crippen molar-refractivity contribution in [3.8, 4) is 0 Å². The number of rotatable bonds is 6. The van der Waals surface area contributed by atoms with E-state index in [4.69, 9.17) is 0 Å². The molecule has 1 nitrogen and oxygen atoms in total. The lowest BCUT2D eigenvalue weighted by Crippen LogP contribution is -2.50. The maximum absolute atomic E-state index is 13.3. The highest BCUT2D eigenvalue weighted by molar-refractivity contribution is 5.19. The van der Waals surface area contributed by atoms with Gasteiger partial charge in [-0.1, -0.05) is 18.6 Å². The lowest BCUT2D eigenvalue weighted by molar-refractivity contribution is -0.143. The van der Waals surface area contributed by atoms with E-state index in [9.17, 15) is 17.6 Å². The molecule has 0 aromatic heterocycles. The standard InChI is InChI=1S/C11H17F4N/c1-2-7-16-9(8-5-3-4-6-8)11(14,15)10(12)13/h5,9-10,16H,2-4,6-7H2,1H3. The number of hydrogen-bond donors (Lipinski definition) is 1. The number of halogens is 4. The minimum absolute atomic E-state index is 0.324. The molecule has 0 bridgehead atoms. The van der Waals surface area contributed by atoms with Gasteiger partial charge in [-0.2, -0.15) is 8.78 Å². The first kappa shape index (κ1) is 13.5. The zero-order valence-electron chi connectivity index (χ0n) is 9.28. The molecule has 1 N–H and O–H groups in total. The molecule has 1 unspecified atom stereocenters. The molecule has 5 heteroatoms. The highest BCUT2D eigenvalue weighted by Crippen LogP contribution is 2.34. The van der Waals surface area contributed by atoms with Crippen molar-refractivity contribution < 1.29 is 17.6 Å². The molecule has 0 heterocycles. The van der Waals surface area contributed by atoms with Crippen LogP contribution in [-0.4, -0.2) is 24.9 Å². The van der Waals surface area contributed by atoms with E-state index in [1.807, 2.05) is 6.92 Å². The molecule has 1 rings (SSSR count). The van der Waals surface area contributed by atoms with Crippen LogP contribution in [0.2, 0.25) is 0 Å². The van der Waals surface area contributed by atoms with Crippen molar-refractivity contribution in [2.75, 3.05) is 6.54 Å². The maximum Gasteiger partial charge on any atom is 0.326 e. The highest BCUT2D eigenvalue weighted by Gasteiger charge is 2.49. The number of nitrogens with one attached hydrogen (secondary N) is 1. The Morgan fingerprint density at radius 3 is 2.56 bits per heavy atom. The quantitative estimate of drug-likeness (QED) is 0.553. The Bertz CT molecular complexity index is 250. The van der Waals surface area contributed by atoms with Crippen molar-refractivity contribution >= 4 is 0 Å². The normalized spacial score (nSPS) is 19.0. The van der Waals surface area contributed by atoms with Crippen LogP contribution in [0.5, 0.6) is 0 Å². The topological polar surface area (TPSA) is 12.0 Å². The van der Waals surface area contributed by atoms with E-state index in [1.54, 1.807) is 6.08 Å². The SMILES string of the molecule is CCCNC(C1=CCCC1)C(F)(F)C(F)F. The third kappa shape index (κ3) is 2.97. The molecule has 1 aliphatic rings. The number of hydrogen-bond acceptors (Lipinski definition) is 1. The van der Waals surface area contributed by atoms with E-state index in [-0.39, 0.29) is 0 Å². The average molecular weight is 239 g/mol. The van der Waals surface area contributed by atoms with E-state index >= 15 is 0 Å². The molecule has 0 saturated heterocycles. The summed E-state index contributed by atoms with van der Waals surface area (Å²) in [4.78, 5) is 0. The van der Waals surface area contributed by atoms with Gasteiger partial charge in [-0.05, 0) is 32.2 Å². The first-order valence-corrected chi connectivity index (χ1v) is 5.58. The van der Waals surface area contributed by atoms with Crippen LogP contribution >= 0.6 is 0 Å². The average Bonchev–Trinajstić information content (AvgIpc) is 2.71. The van der Waals surface area contributed by atoms with Crippen molar-refractivity contribution in [3.63, 3.8) is 0 Å². The van der Waals surface area contributed by atoms with Gasteiger partial charge in [0.15, 0.2) is 0 Å². The summed E-state index contributed by atoms with van der Waals surface area (Å²) in [6, 6.07) is -1.50. The lowest BCUT2D eigenvalue weighted by atomic mass is 10.00. The molecule has 0 radical (unpaired) electrons. The smallest absolute Gasteiger partial charge is 0.305 e. The molecule has 0 spiro atoms. The number of allylic oxidation sites excluding steroid dienone is 1. The Morgan fingerprint density at radius 1 is 1.44 bits per heavy atom. The summed E-state index contributed by atoms with van der Waals surface area (Å²) in [5.74, 6) is -3.98. The summed E-state index contributed by atoms with van der Waals surface area (Å²) in [5.41, 5.74) is 0.429. The van der Waals surface area contributed by atoms with Gasteiger partial charge in [-0.3, -0.25) is 0 Å². The number of alkyl halides is 4. The van der Waals surface area contributed by atoms with Crippen LogP contribution in [-0.2, 0) is 0 Å². The zero-order chi connectivity index (χ0) is 12.2. The zero-order valence-corrected chi connectivity index (χ0v) is 9.28. The molecule has 1 atom stereocenters. The summed E-state index contributed by atoms with van der Waals surface area (Å²) in [5, 5.41) is 2.53. The van der Waals surface area contributed by atoms with E-state index in [1.165, 1.54) is 0 Å². The first-order valence-electron chi connectivity index (χ1n) is 5.58. The molecule has 16 heavy (non-hydrogen) atoms. The first-order chi connectivity index (χ1) is 7.50. The Labute approximate surface area is 92.9 Å². The summed E-state index contributed by atoms with van der Waals surface area (Å²) in [6.07, 6.45) is 0.650. The predicted octanol–water partition coefficient (Wildman–Crippen LogP) is 3.37. The largest absolute Gasteiger partial charge is 0.326 e. The Balaban J connectivity index is 2.77. The fourth-order valence-electron chi connectivity index (χ4n) is 1.89. The predicted molar refractivity (Wildman–Crippen MR) is 55.0 cm³/mol. The maximum atomic E-state index is 13.3. The third-order valence-corrected chi connectivity index (χ3v) is 2.72. The van der Waals surface area contributed by atoms with Crippen molar-refractivity contribution in [2.45, 2.75) is 51.0 Å². The summed E-state index contributed by atoms with van der Waals surface area (Å²) in [6.45, 7) is 2.14. The molecular formula is C11H17F4N. The van der Waals surface area contributed by atoms with Crippen LogP contribution in [0.1, 0.15) is 32.6 Å². The van der Waals surface area contributed by atoms with Gasteiger partial charge in [-0.25, -0.2) is 8.78 Å². The summed E-state index contributed by atoms with van der Waals surface area (Å²) in [7, 11) is 0. The molecule has 0 fully saturated rings. The van der Waals surface area contributed by atoms with E-state index in [0.717, 1.165) is 6.42 Å². The van der Waals surface area contributed by atoms with Crippen molar-refractivity contribution in [1.29, 1.82) is 0 Å². The monoisotopic (exact) mass is 239 g/mol. The highest BCUT2D eigenvalue weighted by atomic mass is 19.3. The molecule has 0 aliphatic heterocycles. The second kappa shape index (κ2) is 5.66. The molecule has 0 amide bonds. The molecule has 1 aliphatic carbocycles. The third-order valence-electron chi connectivity index (χ3n) is 2.72. The van der Waals surface area contributed by atoms with Gasteiger partial charge in [0.1, 0.15) is 0 Å². The van der Waals surface area contributed by atoms with Crippen molar-refractivity contribution in [1.82, 2.24) is 5.32 Å². The van der Waals surface area contributed by atoms with Gasteiger partial charge in [0.2, 0.25) is 0 Å². The van der Waals surface area contributed by atoms with Crippen LogP contribution in [0.25, 0.3) is 0 Å². The van der Waals surface area contributed by atoms with Crippen LogP contribution in [0.4, 0.5) is 17.6 Å². The van der Waals surface area contributed by atoms with Crippen LogP contribution < -0.4 is 5.32 Å². The Kier molecular flexibility index (Phi) is 4.77. The van der Waals surface area contributed by atoms with Gasteiger partial charge in [-0.15, -0.1) is 0 Å². The van der Waals surface area contributed by atoms with Gasteiger partial charge in [0.25, 0.3) is 0 Å². The van der Waals surface area contributed by atoms with Crippen molar-refractivity contribution in [3.05, 3.63) is 11.6 Å². The Morgan fingerprint density at radius 2 is 2.12 bits per heavy atom. The van der Waals surface area contributed by atoms with Gasteiger partial charge in [0, 0.05) is 0 Å². The minimum Gasteiger partial charge on any atom is -0.305 e. The molecule has 0 aromatic carbocycles. The fraction of sp³-hybridized carbons (Fsp3) is 0.818. The van der Waals surface area contributed by atoms with E-state index in [0.29, 0.717) is 31.4 Å². The van der Waals surface area contributed by atoms with Crippen LogP contribution in [0, 0.1) is 0 Å². The second-order valence-electron chi connectivity index (χ2n) is 4.03. The second-order valence-corrected chi connectivity index (χ2v) is 4.03. The Hall–Kier alpha value is -0.580. The lowest BCUT2D eigenvalue weighted by Gasteiger charge is -2.28. The van der Waals surface area contributed by atoms with E-state index < -0.39 is 18.4 Å². The molecule has 94 valence electrons. The minimum atomic E-state index is -3.98. The molecule has 0 aromatic rings. The van der Waals surface area contributed by atoms with Crippen LogP contribution in [0.15, 0.2) is 11.6 Å². The van der Waals surface area contributed by atoms with Gasteiger partial charge < -0.3 is 5.32 Å². The summed E-state index contributed by atoms with van der Waals surface area (Å²) >= 11 is 0. The summed E-state index contributed by atoms with van der Waals surface area (Å²) < 4.78 is 51.3. The van der Waals surface area contributed by atoms with Gasteiger partial charge >= 0.3 is 12.3 Å².